The maximum absolute atomic E-state index is 14.2. The van der Waals surface area contributed by atoms with Crippen molar-refractivity contribution in [3.8, 4) is 11.1 Å². The third-order valence-electron chi connectivity index (χ3n) is 15.6. The molecule has 9 heterocycles. The first-order chi connectivity index (χ1) is 35.3. The predicted molar refractivity (Wildman–Crippen MR) is 273 cm³/mol. The van der Waals surface area contributed by atoms with Crippen LogP contribution in [0.25, 0.3) is 11.1 Å². The van der Waals surface area contributed by atoms with Crippen molar-refractivity contribution >= 4 is 66.1 Å². The lowest BCUT2D eigenvalue weighted by molar-refractivity contribution is -0.136. The van der Waals surface area contributed by atoms with Gasteiger partial charge in [0, 0.05) is 106 Å². The Morgan fingerprint density at radius 3 is 2.34 bits per heavy atom. The molecule has 5 amide bonds. The van der Waals surface area contributed by atoms with E-state index in [-0.39, 0.29) is 70.5 Å². The first-order valence-corrected chi connectivity index (χ1v) is 26.6. The van der Waals surface area contributed by atoms with Gasteiger partial charge in [-0.2, -0.15) is 0 Å². The number of hydrogen-bond donors (Lipinski definition) is 4. The van der Waals surface area contributed by atoms with Crippen molar-refractivity contribution in [2.45, 2.75) is 90.6 Å². The fourth-order valence-corrected chi connectivity index (χ4v) is 12.2. The molecule has 0 bridgehead atoms. The summed E-state index contributed by atoms with van der Waals surface area (Å²) < 4.78 is 20.7. The van der Waals surface area contributed by atoms with Gasteiger partial charge in [-0.1, -0.05) is 13.8 Å². The highest BCUT2D eigenvalue weighted by molar-refractivity contribution is 7.46. The van der Waals surface area contributed by atoms with Crippen LogP contribution in [-0.2, 0) is 51.7 Å². The Balaban J connectivity index is 0.740. The van der Waals surface area contributed by atoms with Crippen LogP contribution in [0.5, 0.6) is 0 Å². The summed E-state index contributed by atoms with van der Waals surface area (Å²) in [5, 5.41) is 5.43. The van der Waals surface area contributed by atoms with E-state index in [1.165, 1.54) is 21.4 Å². The maximum Gasteiger partial charge on any atom is 0.469 e. The molecule has 21 nitrogen and oxygen atoms in total. The number of imide groups is 2. The van der Waals surface area contributed by atoms with Gasteiger partial charge in [0.15, 0.2) is 0 Å². The van der Waals surface area contributed by atoms with Crippen molar-refractivity contribution in [1.29, 1.82) is 0 Å². The van der Waals surface area contributed by atoms with E-state index in [0.29, 0.717) is 35.2 Å². The van der Waals surface area contributed by atoms with Crippen LogP contribution in [0, 0.1) is 5.41 Å². The van der Waals surface area contributed by atoms with Gasteiger partial charge in [-0.3, -0.25) is 53.3 Å². The Labute approximate surface area is 426 Å². The number of amides is 5. The number of carbonyl (C=O) groups excluding carboxylic acids is 5. The van der Waals surface area contributed by atoms with Crippen LogP contribution in [0.4, 0.5) is 28.7 Å². The normalized spacial score (nSPS) is 21.3. The molecule has 4 aromatic heterocycles. The molecule has 386 valence electrons. The fraction of sp³-hybridized carbons (Fsp3) is 0.423. The number of pyridine rings is 3. The summed E-state index contributed by atoms with van der Waals surface area (Å²) in [6.07, 6.45) is 8.68. The molecule has 2 atom stereocenters. The van der Waals surface area contributed by atoms with Crippen molar-refractivity contribution in [2.24, 2.45) is 12.5 Å². The van der Waals surface area contributed by atoms with Crippen LogP contribution in [-0.4, -0.2) is 126 Å². The average Bonchev–Trinajstić information content (AvgIpc) is 3.96. The molecule has 1 aliphatic carbocycles. The highest BCUT2D eigenvalue weighted by atomic mass is 31.2. The Bertz CT molecular complexity index is 3270. The van der Waals surface area contributed by atoms with Gasteiger partial charge in [0.1, 0.15) is 29.1 Å². The molecule has 0 radical (unpaired) electrons. The maximum atomic E-state index is 14.2. The van der Waals surface area contributed by atoms with Gasteiger partial charge in [0.25, 0.3) is 23.3 Å². The minimum atomic E-state index is -4.96. The molecule has 1 aromatic carbocycles. The van der Waals surface area contributed by atoms with E-state index < -0.39 is 44.1 Å². The van der Waals surface area contributed by atoms with Gasteiger partial charge in [-0.25, -0.2) is 14.5 Å². The molecule has 5 aliphatic heterocycles. The topological polar surface area (TPSA) is 245 Å². The summed E-state index contributed by atoms with van der Waals surface area (Å²) in [5.41, 5.74) is 6.44. The minimum absolute atomic E-state index is 0.0660. The number of benzene rings is 1. The molecule has 11 rings (SSSR count). The molecule has 0 spiro atoms. The molecule has 0 saturated carbocycles. The predicted octanol–water partition coefficient (Wildman–Crippen LogP) is 4.36. The molecular formula is C52H58N11O10P. The molecular weight excluding hydrogens is 970 g/mol. The summed E-state index contributed by atoms with van der Waals surface area (Å²) >= 11 is 0. The number of anilines is 5. The number of aromatic nitrogens is 4. The van der Waals surface area contributed by atoms with Crippen LogP contribution in [0.15, 0.2) is 71.9 Å². The molecule has 4 N–H and O–H groups in total. The number of nitrogens with one attached hydrogen (secondary N) is 2. The van der Waals surface area contributed by atoms with E-state index in [1.807, 2.05) is 24.3 Å². The molecule has 22 heteroatoms. The standard InChI is InChI=1S/C52H58N11O10P/c1-30-27-59(33-12-15-58(16-13-33)34-5-7-37-38(23-34)49(67)63(48(37)66)41-8-10-45(64)56-47(41)65)17-18-60(30)35-6-9-44(54-26-35)55-40-21-32(28-57(4)50(40)68)36-11-14-53-46(39(36)29-73-74(70,71)72)62-20-19-61-42(51(62)69)22-31-24-52(2,3)25-43(31)61/h5-7,9,11,14,21-23,26,28,30,33,41H,8,10,12-13,15-20,24-25,27,29H2,1-4H3,(H,54,55)(H,56,64,65)(H2,70,71,72)/t30-,41?/m0/s1. The largest absolute Gasteiger partial charge is 0.469 e. The molecule has 1 unspecified atom stereocenters. The monoisotopic (exact) mass is 1030 g/mol. The second-order valence-corrected chi connectivity index (χ2v) is 22.3. The van der Waals surface area contributed by atoms with E-state index in [9.17, 15) is 43.1 Å². The summed E-state index contributed by atoms with van der Waals surface area (Å²) in [4.78, 5) is 117. The van der Waals surface area contributed by atoms with Gasteiger partial charge in [0.05, 0.1) is 29.6 Å². The third-order valence-corrected chi connectivity index (χ3v) is 16.0. The van der Waals surface area contributed by atoms with Gasteiger partial charge in [0.2, 0.25) is 11.8 Å². The van der Waals surface area contributed by atoms with Crippen LogP contribution in [0.1, 0.15) is 94.5 Å². The van der Waals surface area contributed by atoms with Crippen LogP contribution >= 0.6 is 7.82 Å². The zero-order chi connectivity index (χ0) is 52.0. The average molecular weight is 1030 g/mol. The Morgan fingerprint density at radius 1 is 0.838 bits per heavy atom. The number of hydrogen-bond acceptors (Lipinski definition) is 14. The quantitative estimate of drug-likeness (QED) is 0.106. The number of aryl methyl sites for hydroxylation is 1. The first-order valence-electron chi connectivity index (χ1n) is 25.1. The van der Waals surface area contributed by atoms with Gasteiger partial charge >= 0.3 is 7.82 Å². The van der Waals surface area contributed by atoms with Crippen molar-refractivity contribution in [2.75, 3.05) is 59.3 Å². The summed E-state index contributed by atoms with van der Waals surface area (Å²) in [7, 11) is -3.35. The van der Waals surface area contributed by atoms with Crippen molar-refractivity contribution in [1.82, 2.24) is 34.2 Å². The summed E-state index contributed by atoms with van der Waals surface area (Å²) in [5.74, 6) is -1.69. The van der Waals surface area contributed by atoms with Crippen LogP contribution < -0.4 is 30.9 Å². The second-order valence-electron chi connectivity index (χ2n) is 21.1. The molecule has 6 aliphatic rings. The number of fused-ring (bicyclic) bond motifs is 4. The Morgan fingerprint density at radius 2 is 1.61 bits per heavy atom. The Hall–Kier alpha value is -7.03. The molecule has 3 saturated heterocycles. The number of nitrogens with zero attached hydrogens (tertiary/aromatic N) is 9. The van der Waals surface area contributed by atoms with Gasteiger partial charge in [-0.15, -0.1) is 0 Å². The number of carbonyl (C=O) groups is 5. The van der Waals surface area contributed by atoms with E-state index in [0.717, 1.165) is 80.2 Å². The minimum Gasteiger partial charge on any atom is -0.371 e. The SMILES string of the molecule is C[C@H]1CN(C2CCN(c3ccc4c(c3)C(=O)N(C3CCC(=O)NC3=O)C4=O)CC2)CCN1c1ccc(Nc2cc(-c3ccnc(N4CCn5c(cc6c5CC(C)(C)C6)C4=O)c3COP(=O)(O)O)cn(C)c2=O)nc1. The van der Waals surface area contributed by atoms with Gasteiger partial charge in [-0.05, 0) is 104 Å². The molecule has 74 heavy (non-hydrogen) atoms. The van der Waals surface area contributed by atoms with Crippen LogP contribution in [0.2, 0.25) is 0 Å². The first kappa shape index (κ1) is 49.2. The lowest BCUT2D eigenvalue weighted by Crippen LogP contribution is -2.57. The van der Waals surface area contributed by atoms with E-state index in [2.05, 4.69) is 55.7 Å². The molecule has 5 aromatic rings. The number of rotatable bonds is 11. The zero-order valence-corrected chi connectivity index (χ0v) is 42.5. The number of piperazine rings is 1. The Kier molecular flexibility index (Phi) is 12.4. The summed E-state index contributed by atoms with van der Waals surface area (Å²) in [6, 6.07) is 13.9. The van der Waals surface area contributed by atoms with Gasteiger partial charge < -0.3 is 34.0 Å². The smallest absolute Gasteiger partial charge is 0.371 e. The lowest BCUT2D eigenvalue weighted by atomic mass is 9.90. The van der Waals surface area contributed by atoms with Crippen molar-refractivity contribution in [3.05, 3.63) is 111 Å². The molecule has 3 fully saturated rings. The van der Waals surface area contributed by atoms with E-state index in [4.69, 9.17) is 9.51 Å². The number of phosphoric acid groups is 1. The third kappa shape index (κ3) is 9.10. The van der Waals surface area contributed by atoms with Crippen molar-refractivity contribution in [3.63, 3.8) is 0 Å². The second kappa shape index (κ2) is 18.7. The highest BCUT2D eigenvalue weighted by Crippen LogP contribution is 2.43. The lowest BCUT2D eigenvalue weighted by Gasteiger charge is -2.46. The van der Waals surface area contributed by atoms with E-state index in [1.54, 1.807) is 43.7 Å². The summed E-state index contributed by atoms with van der Waals surface area (Å²) in [6.45, 7) is 10.9. The van der Waals surface area contributed by atoms with Crippen LogP contribution in [0.3, 0.4) is 0 Å². The number of piperidine rings is 2. The van der Waals surface area contributed by atoms with E-state index >= 15 is 0 Å². The number of phosphoric ester groups is 1. The zero-order valence-electron chi connectivity index (χ0n) is 41.6. The fourth-order valence-electron chi connectivity index (χ4n) is 12.0. The highest BCUT2D eigenvalue weighted by Gasteiger charge is 2.45. The van der Waals surface area contributed by atoms with Crippen molar-refractivity contribution < 1.29 is 42.8 Å².